The van der Waals surface area contributed by atoms with Crippen LogP contribution in [0, 0.1) is 5.82 Å². The van der Waals surface area contributed by atoms with Crippen molar-refractivity contribution in [3.8, 4) is 0 Å². The second-order valence-corrected chi connectivity index (χ2v) is 4.23. The highest BCUT2D eigenvalue weighted by Gasteiger charge is 2.12. The number of carbonyl (C=O) groups is 2. The van der Waals surface area contributed by atoms with Crippen molar-refractivity contribution in [1.29, 1.82) is 0 Å². The molecule has 2 N–H and O–H groups in total. The number of benzene rings is 2. The number of aromatic carboxylic acids is 1. The number of carboxylic acid groups (broad SMARTS) is 1. The fourth-order valence-corrected chi connectivity index (χ4v) is 1.71. The molecule has 2 aromatic carbocycles. The molecule has 4 nitrogen and oxygen atoms in total. The lowest BCUT2D eigenvalue weighted by atomic mass is 10.1. The van der Waals surface area contributed by atoms with Crippen molar-refractivity contribution >= 4 is 23.6 Å². The molecule has 0 radical (unpaired) electrons. The summed E-state index contributed by atoms with van der Waals surface area (Å²) in [6.07, 6.45) is 2.88. The summed E-state index contributed by atoms with van der Waals surface area (Å²) in [4.78, 5) is 22.8. The van der Waals surface area contributed by atoms with Crippen molar-refractivity contribution in [2.24, 2.45) is 0 Å². The van der Waals surface area contributed by atoms with Crippen molar-refractivity contribution in [2.75, 3.05) is 5.32 Å². The van der Waals surface area contributed by atoms with Gasteiger partial charge in [-0.15, -0.1) is 0 Å². The zero-order valence-electron chi connectivity index (χ0n) is 10.9. The lowest BCUT2D eigenvalue weighted by Crippen LogP contribution is -2.12. The first-order valence-corrected chi connectivity index (χ1v) is 6.13. The monoisotopic (exact) mass is 285 g/mol. The van der Waals surface area contributed by atoms with E-state index in [0.717, 1.165) is 17.7 Å². The van der Waals surface area contributed by atoms with Crippen LogP contribution in [0.15, 0.2) is 54.6 Å². The third kappa shape index (κ3) is 4.01. The maximum Gasteiger partial charge on any atom is 0.337 e. The first-order valence-electron chi connectivity index (χ1n) is 6.13. The number of hydrogen-bond donors (Lipinski definition) is 2. The Balaban J connectivity index is 2.13. The minimum Gasteiger partial charge on any atom is -0.478 e. The number of rotatable bonds is 4. The fraction of sp³-hybridized carbons (Fsp3) is 0. The lowest BCUT2D eigenvalue weighted by molar-refractivity contribution is -0.111. The molecule has 0 fully saturated rings. The predicted octanol–water partition coefficient (Wildman–Crippen LogP) is 3.18. The molecule has 106 valence electrons. The van der Waals surface area contributed by atoms with E-state index in [1.807, 2.05) is 30.3 Å². The largest absolute Gasteiger partial charge is 0.478 e. The molecule has 0 aliphatic heterocycles. The summed E-state index contributed by atoms with van der Waals surface area (Å²) in [6, 6.07) is 12.3. The summed E-state index contributed by atoms with van der Waals surface area (Å²) in [5.41, 5.74) is 0.591. The summed E-state index contributed by atoms with van der Waals surface area (Å²) in [5, 5.41) is 11.4. The van der Waals surface area contributed by atoms with E-state index >= 15 is 0 Å². The van der Waals surface area contributed by atoms with Gasteiger partial charge in [-0.3, -0.25) is 4.79 Å². The Bertz CT molecular complexity index is 696. The number of halogens is 1. The molecule has 0 unspecified atom stereocenters. The van der Waals surface area contributed by atoms with Crippen LogP contribution < -0.4 is 5.32 Å². The first kappa shape index (κ1) is 14.5. The van der Waals surface area contributed by atoms with Gasteiger partial charge < -0.3 is 10.4 Å². The summed E-state index contributed by atoms with van der Waals surface area (Å²) < 4.78 is 13.0. The second-order valence-electron chi connectivity index (χ2n) is 4.23. The highest BCUT2D eigenvalue weighted by Crippen LogP contribution is 2.17. The average Bonchev–Trinajstić information content (AvgIpc) is 2.48. The van der Waals surface area contributed by atoms with Gasteiger partial charge in [0.1, 0.15) is 5.82 Å². The van der Waals surface area contributed by atoms with Gasteiger partial charge in [0.25, 0.3) is 0 Å². The Kier molecular flexibility index (Phi) is 4.46. The van der Waals surface area contributed by atoms with E-state index in [-0.39, 0.29) is 11.3 Å². The van der Waals surface area contributed by atoms with Gasteiger partial charge in [0.15, 0.2) is 0 Å². The molecule has 0 aliphatic carbocycles. The van der Waals surface area contributed by atoms with E-state index in [9.17, 15) is 14.0 Å². The van der Waals surface area contributed by atoms with Gasteiger partial charge in [0.2, 0.25) is 5.91 Å². The Morgan fingerprint density at radius 2 is 1.81 bits per heavy atom. The molecule has 1 amide bonds. The van der Waals surface area contributed by atoms with E-state index in [1.165, 1.54) is 12.1 Å². The van der Waals surface area contributed by atoms with Crippen molar-refractivity contribution in [3.05, 3.63) is 71.6 Å². The zero-order chi connectivity index (χ0) is 15.2. The number of hydrogen-bond acceptors (Lipinski definition) is 2. The summed E-state index contributed by atoms with van der Waals surface area (Å²) in [7, 11) is 0. The van der Waals surface area contributed by atoms with Crippen molar-refractivity contribution in [3.63, 3.8) is 0 Å². The van der Waals surface area contributed by atoms with Gasteiger partial charge in [-0.25, -0.2) is 9.18 Å². The van der Waals surface area contributed by atoms with E-state index < -0.39 is 17.7 Å². The Morgan fingerprint density at radius 3 is 2.48 bits per heavy atom. The standard InChI is InChI=1S/C16H12FNO3/c17-12-7-8-14(13(10-12)16(20)21)18-15(19)9-6-11-4-2-1-3-5-11/h1-10H,(H,18,19)(H,20,21)/b9-6+. The summed E-state index contributed by atoms with van der Waals surface area (Å²) in [5.74, 6) is -2.48. The molecular formula is C16H12FNO3. The Morgan fingerprint density at radius 1 is 1.10 bits per heavy atom. The maximum absolute atomic E-state index is 13.0. The lowest BCUT2D eigenvalue weighted by Gasteiger charge is -2.06. The number of amides is 1. The molecule has 2 rings (SSSR count). The molecule has 2 aromatic rings. The maximum atomic E-state index is 13.0. The van der Waals surface area contributed by atoms with Crippen molar-refractivity contribution in [2.45, 2.75) is 0 Å². The van der Waals surface area contributed by atoms with Crippen LogP contribution in [0.1, 0.15) is 15.9 Å². The predicted molar refractivity (Wildman–Crippen MR) is 77.5 cm³/mol. The van der Waals surface area contributed by atoms with Crippen LogP contribution in [-0.2, 0) is 4.79 Å². The molecule has 21 heavy (non-hydrogen) atoms. The van der Waals surface area contributed by atoms with E-state index in [4.69, 9.17) is 5.11 Å². The fourth-order valence-electron chi connectivity index (χ4n) is 1.71. The average molecular weight is 285 g/mol. The Hall–Kier alpha value is -2.95. The van der Waals surface area contributed by atoms with Crippen LogP contribution in [0.2, 0.25) is 0 Å². The quantitative estimate of drug-likeness (QED) is 0.848. The minimum absolute atomic E-state index is 0.0478. The van der Waals surface area contributed by atoms with E-state index in [0.29, 0.717) is 0 Å². The molecular weight excluding hydrogens is 273 g/mol. The normalized spacial score (nSPS) is 10.5. The molecule has 0 heterocycles. The van der Waals surface area contributed by atoms with Gasteiger partial charge in [0, 0.05) is 6.08 Å². The minimum atomic E-state index is -1.31. The van der Waals surface area contributed by atoms with Gasteiger partial charge in [-0.1, -0.05) is 30.3 Å². The van der Waals surface area contributed by atoms with E-state index in [1.54, 1.807) is 6.08 Å². The van der Waals surface area contributed by atoms with Crippen molar-refractivity contribution < 1.29 is 19.1 Å². The van der Waals surface area contributed by atoms with Crippen LogP contribution in [0.4, 0.5) is 10.1 Å². The van der Waals surface area contributed by atoms with Crippen LogP contribution in [0.3, 0.4) is 0 Å². The molecule has 0 saturated carbocycles. The molecule has 5 heteroatoms. The molecule has 0 atom stereocenters. The summed E-state index contributed by atoms with van der Waals surface area (Å²) in [6.45, 7) is 0. The van der Waals surface area contributed by atoms with Crippen LogP contribution in [-0.4, -0.2) is 17.0 Å². The van der Waals surface area contributed by atoms with Crippen LogP contribution >= 0.6 is 0 Å². The molecule has 0 aliphatic rings. The van der Waals surface area contributed by atoms with Crippen LogP contribution in [0.5, 0.6) is 0 Å². The molecule has 0 aromatic heterocycles. The topological polar surface area (TPSA) is 66.4 Å². The first-order chi connectivity index (χ1) is 10.1. The molecule has 0 spiro atoms. The summed E-state index contributed by atoms with van der Waals surface area (Å²) >= 11 is 0. The number of carboxylic acids is 1. The number of anilines is 1. The van der Waals surface area contributed by atoms with Gasteiger partial charge in [-0.05, 0) is 29.8 Å². The van der Waals surface area contributed by atoms with Gasteiger partial charge >= 0.3 is 5.97 Å². The van der Waals surface area contributed by atoms with Crippen LogP contribution in [0.25, 0.3) is 6.08 Å². The Labute approximate surface area is 120 Å². The number of carbonyl (C=O) groups excluding carboxylic acids is 1. The van der Waals surface area contributed by atoms with E-state index in [2.05, 4.69) is 5.32 Å². The second kappa shape index (κ2) is 6.47. The third-order valence-corrected chi connectivity index (χ3v) is 2.70. The zero-order valence-corrected chi connectivity index (χ0v) is 10.9. The number of nitrogens with one attached hydrogen (secondary N) is 1. The molecule has 0 saturated heterocycles. The van der Waals surface area contributed by atoms with Gasteiger partial charge in [0.05, 0.1) is 11.3 Å². The SMILES string of the molecule is O=C(/C=C/c1ccccc1)Nc1ccc(F)cc1C(=O)O. The molecule has 0 bridgehead atoms. The smallest absolute Gasteiger partial charge is 0.337 e. The third-order valence-electron chi connectivity index (χ3n) is 2.70. The highest BCUT2D eigenvalue weighted by atomic mass is 19.1. The van der Waals surface area contributed by atoms with Crippen molar-refractivity contribution in [1.82, 2.24) is 0 Å². The highest BCUT2D eigenvalue weighted by molar-refractivity contribution is 6.06. The van der Waals surface area contributed by atoms with Gasteiger partial charge in [-0.2, -0.15) is 0 Å².